The number of nitrogens with one attached hydrogen (secondary N) is 1. The van der Waals surface area contributed by atoms with Gasteiger partial charge in [0.25, 0.3) is 0 Å². The number of nitriles is 1. The van der Waals surface area contributed by atoms with E-state index in [1.807, 2.05) is 5.32 Å². The second kappa shape index (κ2) is 6.18. The van der Waals surface area contributed by atoms with Crippen LogP contribution in [0.15, 0.2) is 0 Å². The number of thiocarbonyl (C=S) groups is 1. The molecule has 0 fully saturated rings. The van der Waals surface area contributed by atoms with Gasteiger partial charge in [-0.15, -0.1) is 0 Å². The van der Waals surface area contributed by atoms with Crippen LogP contribution >= 0.6 is 12.2 Å². The van der Waals surface area contributed by atoms with Crippen LogP contribution in [0, 0.1) is 11.5 Å². The Hall–Kier alpha value is 0.180. The van der Waals surface area contributed by atoms with Crippen LogP contribution in [-0.4, -0.2) is 34.7 Å². The third kappa shape index (κ3) is 10.7. The Morgan fingerprint density at radius 2 is 2.29 bits per heavy atom. The summed E-state index contributed by atoms with van der Waals surface area (Å²) in [6.45, 7) is 0. The minimum absolute atomic E-state index is 0. The zero-order valence-electron chi connectivity index (χ0n) is 3.93. The topological polar surface area (TPSA) is 61.8 Å². The number of hydrogen-bond acceptors (Lipinski definition) is 2. The second-order valence-electron chi connectivity index (χ2n) is 0.601. The van der Waals surface area contributed by atoms with Crippen molar-refractivity contribution >= 4 is 46.9 Å². The molecule has 0 saturated heterocycles. The number of rotatable bonds is 0. The first kappa shape index (κ1) is 10.2. The first-order chi connectivity index (χ1) is 2.77. The van der Waals surface area contributed by atoms with Crippen molar-refractivity contribution < 1.29 is 0 Å². The van der Waals surface area contributed by atoms with E-state index in [1.54, 1.807) is 6.19 Å². The first-order valence-corrected chi connectivity index (χ1v) is 1.62. The first-order valence-electron chi connectivity index (χ1n) is 1.22. The maximum atomic E-state index is 7.71. The van der Waals surface area contributed by atoms with E-state index < -0.39 is 0 Å². The summed E-state index contributed by atoms with van der Waals surface area (Å²) in [5, 5.41) is 9.74. The fraction of sp³-hybridized carbons (Fsp3) is 0. The number of nitrogens with zero attached hydrogens (tertiary/aromatic N) is 1. The van der Waals surface area contributed by atoms with Gasteiger partial charge in [0.2, 0.25) is 0 Å². The van der Waals surface area contributed by atoms with E-state index in [0.29, 0.717) is 0 Å². The van der Waals surface area contributed by atoms with Crippen LogP contribution in [0.4, 0.5) is 0 Å². The Balaban J connectivity index is 0. The standard InChI is InChI=1S/C2H3N3S.Na/c3-1-5-2(4)6;/h(H3,4,5,6);. The van der Waals surface area contributed by atoms with Gasteiger partial charge in [-0.25, -0.2) is 0 Å². The van der Waals surface area contributed by atoms with Crippen LogP contribution in [0.5, 0.6) is 0 Å². The molecule has 5 heteroatoms. The molecule has 0 spiro atoms. The molecule has 7 heavy (non-hydrogen) atoms. The third-order valence-electron chi connectivity index (χ3n) is 0.179. The van der Waals surface area contributed by atoms with Crippen LogP contribution in [0.1, 0.15) is 0 Å². The largest absolute Gasteiger partial charge is 0.376 e. The van der Waals surface area contributed by atoms with E-state index >= 15 is 0 Å². The van der Waals surface area contributed by atoms with Crippen LogP contribution < -0.4 is 11.1 Å². The van der Waals surface area contributed by atoms with Crippen molar-refractivity contribution in [2.45, 2.75) is 0 Å². The van der Waals surface area contributed by atoms with Gasteiger partial charge in [-0.2, -0.15) is 5.26 Å². The molecule has 0 saturated carbocycles. The summed E-state index contributed by atoms with van der Waals surface area (Å²) in [4.78, 5) is 0. The quantitative estimate of drug-likeness (QED) is 0.187. The maximum Gasteiger partial charge on any atom is 0.183 e. The molecule has 3 N–H and O–H groups in total. The minimum atomic E-state index is 0. The molecule has 1 radical (unpaired) electrons. The van der Waals surface area contributed by atoms with Crippen molar-refractivity contribution in [3.63, 3.8) is 0 Å². The van der Waals surface area contributed by atoms with Crippen LogP contribution in [0.2, 0.25) is 0 Å². The molecule has 0 aliphatic carbocycles. The summed E-state index contributed by atoms with van der Waals surface area (Å²) in [6, 6.07) is 0. The zero-order chi connectivity index (χ0) is 4.99. The Bertz CT molecular complexity index is 95.6. The molecule has 0 bridgehead atoms. The van der Waals surface area contributed by atoms with E-state index in [0.717, 1.165) is 0 Å². The third-order valence-corrected chi connectivity index (χ3v) is 0.281. The van der Waals surface area contributed by atoms with E-state index in [9.17, 15) is 0 Å². The second-order valence-corrected chi connectivity index (χ2v) is 1.04. The van der Waals surface area contributed by atoms with Crippen molar-refractivity contribution in [3.8, 4) is 6.19 Å². The summed E-state index contributed by atoms with van der Waals surface area (Å²) in [5.41, 5.74) is 4.80. The SMILES string of the molecule is N#CNC(N)=S.[Na]. The average molecular weight is 124 g/mol. The molecule has 0 aromatic rings. The van der Waals surface area contributed by atoms with Crippen LogP contribution in [-0.2, 0) is 0 Å². The Kier molecular flexibility index (Phi) is 9.02. The smallest absolute Gasteiger partial charge is 0.183 e. The Morgan fingerprint density at radius 3 is 2.29 bits per heavy atom. The Labute approximate surface area is 69.2 Å². The minimum Gasteiger partial charge on any atom is -0.376 e. The molecule has 0 aliphatic heterocycles. The number of hydrogen-bond donors (Lipinski definition) is 2. The summed E-state index contributed by atoms with van der Waals surface area (Å²) < 4.78 is 0. The molecule has 0 heterocycles. The van der Waals surface area contributed by atoms with Gasteiger partial charge in [0.05, 0.1) is 0 Å². The molecule has 0 rings (SSSR count). The van der Waals surface area contributed by atoms with Gasteiger partial charge in [0, 0.05) is 29.6 Å². The molecular formula is C2H3N3NaS. The maximum absolute atomic E-state index is 7.71. The van der Waals surface area contributed by atoms with Gasteiger partial charge in [-0.3, -0.25) is 5.32 Å². The summed E-state index contributed by atoms with van der Waals surface area (Å²) in [5.74, 6) is 0. The van der Waals surface area contributed by atoms with Crippen molar-refractivity contribution in [2.75, 3.05) is 0 Å². The molecular weight excluding hydrogens is 121 g/mol. The van der Waals surface area contributed by atoms with Gasteiger partial charge >= 0.3 is 0 Å². The molecule has 0 aromatic carbocycles. The van der Waals surface area contributed by atoms with E-state index in [-0.39, 0.29) is 34.7 Å². The molecule has 0 atom stereocenters. The molecule has 0 aromatic heterocycles. The zero-order valence-corrected chi connectivity index (χ0v) is 6.75. The van der Waals surface area contributed by atoms with Gasteiger partial charge in [-0.05, 0) is 12.2 Å². The predicted molar refractivity (Wildman–Crippen MR) is 31.3 cm³/mol. The van der Waals surface area contributed by atoms with E-state index in [1.165, 1.54) is 0 Å². The summed E-state index contributed by atoms with van der Waals surface area (Å²) in [7, 11) is 0. The van der Waals surface area contributed by atoms with Gasteiger partial charge in [0.15, 0.2) is 11.3 Å². The molecule has 0 amide bonds. The molecule has 0 unspecified atom stereocenters. The van der Waals surface area contributed by atoms with Crippen molar-refractivity contribution in [1.82, 2.24) is 5.32 Å². The van der Waals surface area contributed by atoms with Crippen LogP contribution in [0.25, 0.3) is 0 Å². The van der Waals surface area contributed by atoms with Gasteiger partial charge in [0.1, 0.15) is 0 Å². The molecule has 33 valence electrons. The van der Waals surface area contributed by atoms with Crippen LogP contribution in [0.3, 0.4) is 0 Å². The summed E-state index contributed by atoms with van der Waals surface area (Å²) in [6.07, 6.45) is 1.55. The fourth-order valence-corrected chi connectivity index (χ4v) is 0.101. The molecule has 0 aliphatic rings. The average Bonchev–Trinajstić information content (AvgIpc) is 1.35. The van der Waals surface area contributed by atoms with E-state index in [4.69, 9.17) is 11.0 Å². The molecule has 3 nitrogen and oxygen atoms in total. The summed E-state index contributed by atoms with van der Waals surface area (Å²) >= 11 is 4.24. The van der Waals surface area contributed by atoms with Crippen molar-refractivity contribution in [3.05, 3.63) is 0 Å². The Morgan fingerprint density at radius 1 is 1.86 bits per heavy atom. The van der Waals surface area contributed by atoms with Gasteiger partial charge in [-0.1, -0.05) is 0 Å². The van der Waals surface area contributed by atoms with Crippen molar-refractivity contribution in [1.29, 1.82) is 5.26 Å². The normalized spacial score (nSPS) is 5.00. The monoisotopic (exact) mass is 124 g/mol. The fourth-order valence-electron chi connectivity index (χ4n) is 0.0551. The van der Waals surface area contributed by atoms with Crippen molar-refractivity contribution in [2.24, 2.45) is 5.73 Å². The van der Waals surface area contributed by atoms with Gasteiger partial charge < -0.3 is 5.73 Å². The number of nitrogens with two attached hydrogens (primary N) is 1. The predicted octanol–water partition coefficient (Wildman–Crippen LogP) is -1.08. The van der Waals surface area contributed by atoms with E-state index in [2.05, 4.69) is 12.2 Å².